The number of rotatable bonds is 4. The van der Waals surface area contributed by atoms with Gasteiger partial charge in [-0.05, 0) is 49.4 Å². The lowest BCUT2D eigenvalue weighted by molar-refractivity contribution is 0.104. The topological polar surface area (TPSA) is 29.1 Å². The van der Waals surface area contributed by atoms with E-state index in [1.54, 1.807) is 36.4 Å². The van der Waals surface area contributed by atoms with Crippen LogP contribution in [-0.2, 0) is 0 Å². The zero-order chi connectivity index (χ0) is 15.4. The van der Waals surface area contributed by atoms with E-state index in [-0.39, 0.29) is 5.78 Å². The minimum atomic E-state index is -0.0624. The summed E-state index contributed by atoms with van der Waals surface area (Å²) >= 11 is 15.2. The molecule has 2 nitrogen and oxygen atoms in total. The fourth-order valence-electron chi connectivity index (χ4n) is 1.73. The highest BCUT2D eigenvalue weighted by atomic mass is 79.9. The molecule has 0 bridgehead atoms. The Kier molecular flexibility index (Phi) is 5.45. The van der Waals surface area contributed by atoms with E-state index >= 15 is 0 Å². The van der Waals surface area contributed by atoms with Crippen LogP contribution < -0.4 is 5.32 Å². The monoisotopic (exact) mass is 383 g/mol. The molecule has 2 aromatic rings. The maximum Gasteiger partial charge on any atom is 0.187 e. The van der Waals surface area contributed by atoms with Crippen molar-refractivity contribution in [1.82, 2.24) is 0 Å². The molecule has 0 saturated heterocycles. The average Bonchev–Trinajstić information content (AvgIpc) is 2.43. The van der Waals surface area contributed by atoms with Crippen molar-refractivity contribution >= 4 is 50.6 Å². The molecule has 0 atom stereocenters. The van der Waals surface area contributed by atoms with Gasteiger partial charge in [0.25, 0.3) is 0 Å². The molecule has 0 aliphatic heterocycles. The average molecular weight is 385 g/mol. The number of hydrogen-bond acceptors (Lipinski definition) is 2. The van der Waals surface area contributed by atoms with E-state index in [1.165, 1.54) is 0 Å². The second-order valence-corrected chi connectivity index (χ2v) is 6.18. The molecule has 2 rings (SSSR count). The quantitative estimate of drug-likeness (QED) is 0.520. The third-order valence-electron chi connectivity index (χ3n) is 2.74. The summed E-state index contributed by atoms with van der Waals surface area (Å²) in [7, 11) is 0. The molecule has 21 heavy (non-hydrogen) atoms. The Bertz CT molecular complexity index is 696. The maximum absolute atomic E-state index is 12.1. The summed E-state index contributed by atoms with van der Waals surface area (Å²) in [6.07, 6.45) is 1.55. The second-order valence-electron chi connectivity index (χ2n) is 4.45. The van der Waals surface area contributed by atoms with Crippen LogP contribution >= 0.6 is 39.1 Å². The predicted octanol–water partition coefficient (Wildman–Crippen LogP) is 5.95. The molecule has 0 unspecified atom stereocenters. The Balaban J connectivity index is 2.11. The highest BCUT2D eigenvalue weighted by Gasteiger charge is 2.04. The summed E-state index contributed by atoms with van der Waals surface area (Å²) in [5, 5.41) is 4.07. The molecular weight excluding hydrogens is 373 g/mol. The molecule has 0 spiro atoms. The molecule has 0 amide bonds. The molecule has 0 heterocycles. The first-order valence-electron chi connectivity index (χ1n) is 6.16. The number of carbonyl (C=O) groups is 1. The first-order chi connectivity index (χ1) is 9.95. The van der Waals surface area contributed by atoms with E-state index in [1.807, 2.05) is 19.1 Å². The standard InChI is InChI=1S/C16H12BrCl2NO/c1-10(20-13-6-7-14(18)15(19)9-13)8-16(21)11-2-4-12(17)5-3-11/h2-9,20H,1H3/b10-8+. The van der Waals surface area contributed by atoms with Gasteiger partial charge >= 0.3 is 0 Å². The summed E-state index contributed by atoms with van der Waals surface area (Å²) in [6, 6.07) is 12.4. The van der Waals surface area contributed by atoms with Crippen molar-refractivity contribution in [2.24, 2.45) is 0 Å². The number of hydrogen-bond donors (Lipinski definition) is 1. The molecule has 2 aromatic carbocycles. The van der Waals surface area contributed by atoms with Gasteiger partial charge in [0.2, 0.25) is 0 Å². The van der Waals surface area contributed by atoms with Gasteiger partial charge in [0.1, 0.15) is 0 Å². The lowest BCUT2D eigenvalue weighted by Gasteiger charge is -2.07. The summed E-state index contributed by atoms with van der Waals surface area (Å²) in [5.74, 6) is -0.0624. The number of anilines is 1. The normalized spacial score (nSPS) is 11.3. The van der Waals surface area contributed by atoms with Crippen LogP contribution in [0.2, 0.25) is 10.0 Å². The summed E-state index contributed by atoms with van der Waals surface area (Å²) in [4.78, 5) is 12.1. The fraction of sp³-hybridized carbons (Fsp3) is 0.0625. The van der Waals surface area contributed by atoms with Crippen LogP contribution in [0.1, 0.15) is 17.3 Å². The number of benzene rings is 2. The molecule has 0 saturated carbocycles. The van der Waals surface area contributed by atoms with Crippen LogP contribution in [0.25, 0.3) is 0 Å². The van der Waals surface area contributed by atoms with Gasteiger partial charge in [-0.2, -0.15) is 0 Å². The van der Waals surface area contributed by atoms with Crippen molar-refractivity contribution in [3.05, 3.63) is 74.3 Å². The fourth-order valence-corrected chi connectivity index (χ4v) is 2.29. The zero-order valence-corrected chi connectivity index (χ0v) is 14.3. The molecule has 0 aliphatic rings. The van der Waals surface area contributed by atoms with E-state index in [4.69, 9.17) is 23.2 Å². The smallest absolute Gasteiger partial charge is 0.187 e. The molecule has 0 fully saturated rings. The number of carbonyl (C=O) groups excluding carboxylic acids is 1. The van der Waals surface area contributed by atoms with Crippen LogP contribution in [0.3, 0.4) is 0 Å². The lowest BCUT2D eigenvalue weighted by Crippen LogP contribution is -2.01. The van der Waals surface area contributed by atoms with E-state index in [9.17, 15) is 4.79 Å². The van der Waals surface area contributed by atoms with Crippen molar-refractivity contribution in [2.45, 2.75) is 6.92 Å². The Hall–Kier alpha value is -1.29. The van der Waals surface area contributed by atoms with Crippen molar-refractivity contribution in [1.29, 1.82) is 0 Å². The van der Waals surface area contributed by atoms with Gasteiger partial charge in [-0.3, -0.25) is 4.79 Å². The number of halogens is 3. The molecular formula is C16H12BrCl2NO. The Morgan fingerprint density at radius 2 is 1.76 bits per heavy atom. The van der Waals surface area contributed by atoms with E-state index in [0.717, 1.165) is 15.9 Å². The zero-order valence-electron chi connectivity index (χ0n) is 11.2. The van der Waals surface area contributed by atoms with Gasteiger partial charge in [-0.1, -0.05) is 39.1 Å². The minimum Gasteiger partial charge on any atom is -0.359 e. The summed E-state index contributed by atoms with van der Waals surface area (Å²) in [5.41, 5.74) is 2.14. The van der Waals surface area contributed by atoms with Crippen molar-refractivity contribution in [3.63, 3.8) is 0 Å². The van der Waals surface area contributed by atoms with Crippen LogP contribution in [-0.4, -0.2) is 5.78 Å². The third kappa shape index (κ3) is 4.60. The minimum absolute atomic E-state index is 0.0624. The maximum atomic E-state index is 12.1. The van der Waals surface area contributed by atoms with Crippen LogP contribution in [0.15, 0.2) is 58.7 Å². The Labute approximate surface area is 141 Å². The van der Waals surface area contributed by atoms with E-state index in [0.29, 0.717) is 15.6 Å². The summed E-state index contributed by atoms with van der Waals surface area (Å²) in [6.45, 7) is 1.82. The predicted molar refractivity (Wildman–Crippen MR) is 92.3 cm³/mol. The first kappa shape index (κ1) is 16.1. The molecule has 5 heteroatoms. The largest absolute Gasteiger partial charge is 0.359 e. The van der Waals surface area contributed by atoms with Gasteiger partial charge in [0.15, 0.2) is 5.78 Å². The van der Waals surface area contributed by atoms with Crippen LogP contribution in [0.5, 0.6) is 0 Å². The highest BCUT2D eigenvalue weighted by Crippen LogP contribution is 2.25. The first-order valence-corrected chi connectivity index (χ1v) is 7.71. The van der Waals surface area contributed by atoms with Crippen LogP contribution in [0.4, 0.5) is 5.69 Å². The highest BCUT2D eigenvalue weighted by molar-refractivity contribution is 9.10. The molecule has 0 aromatic heterocycles. The van der Waals surface area contributed by atoms with E-state index < -0.39 is 0 Å². The Morgan fingerprint density at radius 1 is 1.10 bits per heavy atom. The molecule has 0 aliphatic carbocycles. The van der Waals surface area contributed by atoms with Gasteiger partial charge in [0.05, 0.1) is 10.0 Å². The molecule has 108 valence electrons. The van der Waals surface area contributed by atoms with Crippen molar-refractivity contribution in [2.75, 3.05) is 5.32 Å². The number of nitrogens with one attached hydrogen (secondary N) is 1. The summed E-state index contributed by atoms with van der Waals surface area (Å²) < 4.78 is 0.939. The van der Waals surface area contributed by atoms with Crippen LogP contribution in [0, 0.1) is 0 Å². The lowest BCUT2D eigenvalue weighted by atomic mass is 10.1. The van der Waals surface area contributed by atoms with Gasteiger partial charge in [-0.15, -0.1) is 0 Å². The number of ketones is 1. The van der Waals surface area contributed by atoms with Gasteiger partial charge in [0, 0.05) is 27.5 Å². The van der Waals surface area contributed by atoms with Gasteiger partial charge < -0.3 is 5.32 Å². The number of allylic oxidation sites excluding steroid dienone is 2. The van der Waals surface area contributed by atoms with Crippen molar-refractivity contribution in [3.8, 4) is 0 Å². The second kappa shape index (κ2) is 7.12. The third-order valence-corrected chi connectivity index (χ3v) is 4.01. The van der Waals surface area contributed by atoms with Gasteiger partial charge in [-0.25, -0.2) is 0 Å². The van der Waals surface area contributed by atoms with Crippen molar-refractivity contribution < 1.29 is 4.79 Å². The molecule has 1 N–H and O–H groups in total. The molecule has 0 radical (unpaired) electrons. The van der Waals surface area contributed by atoms with E-state index in [2.05, 4.69) is 21.2 Å². The SMILES string of the molecule is C/C(=C\C(=O)c1ccc(Br)cc1)Nc1ccc(Cl)c(Cl)c1. The Morgan fingerprint density at radius 3 is 2.38 bits per heavy atom.